The monoisotopic (exact) mass is 290 g/mol. The van der Waals surface area contributed by atoms with Crippen LogP contribution in [0.4, 0.5) is 5.13 Å². The van der Waals surface area contributed by atoms with E-state index in [0.717, 1.165) is 40.9 Å². The van der Waals surface area contributed by atoms with Crippen molar-refractivity contribution in [2.75, 3.05) is 18.7 Å². The van der Waals surface area contributed by atoms with E-state index in [1.54, 1.807) is 11.3 Å². The molecular formula is C15H18N2O2S. The van der Waals surface area contributed by atoms with Gasteiger partial charge in [-0.05, 0) is 30.5 Å². The largest absolute Gasteiger partial charge is 0.454 e. The van der Waals surface area contributed by atoms with Gasteiger partial charge in [0.05, 0.1) is 5.69 Å². The number of ether oxygens (including phenoxy) is 2. The molecule has 0 amide bonds. The van der Waals surface area contributed by atoms with Gasteiger partial charge in [-0.2, -0.15) is 0 Å². The minimum atomic E-state index is 0.303. The molecule has 106 valence electrons. The molecule has 0 radical (unpaired) electrons. The Balaban J connectivity index is 1.70. The Labute approximate surface area is 122 Å². The average Bonchev–Trinajstić information content (AvgIpc) is 3.05. The van der Waals surface area contributed by atoms with Crippen molar-refractivity contribution in [3.63, 3.8) is 0 Å². The molecule has 1 aliphatic heterocycles. The van der Waals surface area contributed by atoms with Crippen LogP contribution in [0.3, 0.4) is 0 Å². The second-order valence-corrected chi connectivity index (χ2v) is 6.07. The first kappa shape index (κ1) is 13.2. The molecule has 0 saturated carbocycles. The van der Waals surface area contributed by atoms with E-state index in [0.29, 0.717) is 12.7 Å². The molecule has 5 heteroatoms. The first-order valence-electron chi connectivity index (χ1n) is 6.82. The molecular weight excluding hydrogens is 272 g/mol. The highest BCUT2D eigenvalue weighted by atomic mass is 32.1. The lowest BCUT2D eigenvalue weighted by molar-refractivity contribution is 0.174. The van der Waals surface area contributed by atoms with Gasteiger partial charge in [-0.15, -0.1) is 11.3 Å². The number of benzene rings is 1. The van der Waals surface area contributed by atoms with Gasteiger partial charge in [-0.3, -0.25) is 0 Å². The van der Waals surface area contributed by atoms with Crippen molar-refractivity contribution in [3.8, 4) is 22.8 Å². The molecule has 1 aromatic carbocycles. The molecule has 0 spiro atoms. The highest BCUT2D eigenvalue weighted by molar-refractivity contribution is 7.14. The lowest BCUT2D eigenvalue weighted by atomic mass is 10.1. The van der Waals surface area contributed by atoms with Gasteiger partial charge in [0.25, 0.3) is 0 Å². The van der Waals surface area contributed by atoms with Gasteiger partial charge in [0.1, 0.15) is 0 Å². The zero-order chi connectivity index (χ0) is 13.9. The van der Waals surface area contributed by atoms with Gasteiger partial charge in [0, 0.05) is 17.5 Å². The summed E-state index contributed by atoms with van der Waals surface area (Å²) in [5.41, 5.74) is 2.03. The molecule has 1 aromatic heterocycles. The Hall–Kier alpha value is -1.75. The fraction of sp³-hybridized carbons (Fsp3) is 0.400. The number of hydrogen-bond donors (Lipinski definition) is 1. The van der Waals surface area contributed by atoms with Gasteiger partial charge < -0.3 is 14.8 Å². The molecule has 0 bridgehead atoms. The van der Waals surface area contributed by atoms with Crippen LogP contribution in [0.25, 0.3) is 11.3 Å². The topological polar surface area (TPSA) is 43.4 Å². The van der Waals surface area contributed by atoms with E-state index >= 15 is 0 Å². The third-order valence-corrected chi connectivity index (χ3v) is 3.97. The molecule has 0 fully saturated rings. The molecule has 4 nitrogen and oxygen atoms in total. The molecule has 0 atom stereocenters. The normalized spacial score (nSPS) is 12.9. The summed E-state index contributed by atoms with van der Waals surface area (Å²) in [6.07, 6.45) is 1.15. The summed E-state index contributed by atoms with van der Waals surface area (Å²) in [6, 6.07) is 5.93. The number of fused-ring (bicyclic) bond motifs is 1. The second-order valence-electron chi connectivity index (χ2n) is 5.22. The van der Waals surface area contributed by atoms with Crippen molar-refractivity contribution < 1.29 is 9.47 Å². The van der Waals surface area contributed by atoms with E-state index in [9.17, 15) is 0 Å². The smallest absolute Gasteiger partial charge is 0.231 e. The zero-order valence-electron chi connectivity index (χ0n) is 11.7. The summed E-state index contributed by atoms with van der Waals surface area (Å²) in [5, 5.41) is 6.41. The third kappa shape index (κ3) is 2.88. The highest BCUT2D eigenvalue weighted by Crippen LogP contribution is 2.36. The van der Waals surface area contributed by atoms with Crippen molar-refractivity contribution in [2.45, 2.75) is 20.3 Å². The molecule has 0 saturated heterocycles. The van der Waals surface area contributed by atoms with Crippen molar-refractivity contribution in [2.24, 2.45) is 5.92 Å². The molecule has 20 heavy (non-hydrogen) atoms. The first-order valence-corrected chi connectivity index (χ1v) is 7.70. The standard InChI is InChI=1S/C15H18N2O2S/c1-10(2)5-6-16-15-17-12(8-20-15)11-3-4-13-14(7-11)19-9-18-13/h3-4,7-8,10H,5-6,9H2,1-2H3,(H,16,17). The fourth-order valence-electron chi connectivity index (χ4n) is 2.01. The summed E-state index contributed by atoms with van der Waals surface area (Å²) in [6.45, 7) is 5.72. The van der Waals surface area contributed by atoms with Crippen LogP contribution >= 0.6 is 11.3 Å². The maximum Gasteiger partial charge on any atom is 0.231 e. The minimum absolute atomic E-state index is 0.303. The van der Waals surface area contributed by atoms with Crippen LogP contribution in [0.15, 0.2) is 23.6 Å². The van der Waals surface area contributed by atoms with E-state index in [4.69, 9.17) is 9.47 Å². The molecule has 0 aliphatic carbocycles. The first-order chi connectivity index (χ1) is 9.72. The minimum Gasteiger partial charge on any atom is -0.454 e. The van der Waals surface area contributed by atoms with Gasteiger partial charge in [-0.25, -0.2) is 4.98 Å². The van der Waals surface area contributed by atoms with Crippen LogP contribution in [-0.4, -0.2) is 18.3 Å². The lowest BCUT2D eigenvalue weighted by Gasteiger charge is -2.04. The zero-order valence-corrected chi connectivity index (χ0v) is 12.5. The fourth-order valence-corrected chi connectivity index (χ4v) is 2.76. The van der Waals surface area contributed by atoms with Crippen LogP contribution in [0.2, 0.25) is 0 Å². The van der Waals surface area contributed by atoms with Crippen molar-refractivity contribution in [1.82, 2.24) is 4.98 Å². The summed E-state index contributed by atoms with van der Waals surface area (Å²) in [7, 11) is 0. The van der Waals surface area contributed by atoms with Gasteiger partial charge >= 0.3 is 0 Å². The number of anilines is 1. The molecule has 2 heterocycles. The number of nitrogens with one attached hydrogen (secondary N) is 1. The van der Waals surface area contributed by atoms with Crippen molar-refractivity contribution in [1.29, 1.82) is 0 Å². The molecule has 0 unspecified atom stereocenters. The maximum atomic E-state index is 5.40. The molecule has 1 N–H and O–H groups in total. The van der Waals surface area contributed by atoms with Crippen molar-refractivity contribution >= 4 is 16.5 Å². The predicted octanol–water partition coefficient (Wildman–Crippen LogP) is 4.00. The van der Waals surface area contributed by atoms with Crippen LogP contribution in [0.5, 0.6) is 11.5 Å². The Morgan fingerprint density at radius 1 is 1.30 bits per heavy atom. The van der Waals surface area contributed by atoms with E-state index in [2.05, 4.69) is 29.5 Å². The summed E-state index contributed by atoms with van der Waals surface area (Å²) >= 11 is 1.64. The van der Waals surface area contributed by atoms with Crippen LogP contribution < -0.4 is 14.8 Å². The van der Waals surface area contributed by atoms with Crippen LogP contribution in [0.1, 0.15) is 20.3 Å². The van der Waals surface area contributed by atoms with Crippen LogP contribution in [-0.2, 0) is 0 Å². The SMILES string of the molecule is CC(C)CCNc1nc(-c2ccc3c(c2)OCO3)cs1. The van der Waals surface area contributed by atoms with E-state index in [-0.39, 0.29) is 0 Å². The van der Waals surface area contributed by atoms with E-state index in [1.165, 1.54) is 0 Å². The molecule has 2 aromatic rings. The average molecular weight is 290 g/mol. The molecule has 3 rings (SSSR count). The Morgan fingerprint density at radius 2 is 2.15 bits per heavy atom. The van der Waals surface area contributed by atoms with E-state index < -0.39 is 0 Å². The Bertz CT molecular complexity index is 595. The highest BCUT2D eigenvalue weighted by Gasteiger charge is 2.15. The van der Waals surface area contributed by atoms with Gasteiger partial charge in [0.15, 0.2) is 16.6 Å². The Morgan fingerprint density at radius 3 is 3.00 bits per heavy atom. The third-order valence-electron chi connectivity index (χ3n) is 3.17. The quantitative estimate of drug-likeness (QED) is 0.904. The van der Waals surface area contributed by atoms with E-state index in [1.807, 2.05) is 18.2 Å². The summed E-state index contributed by atoms with van der Waals surface area (Å²) in [5.74, 6) is 2.31. The van der Waals surface area contributed by atoms with Crippen LogP contribution in [0, 0.1) is 5.92 Å². The number of aromatic nitrogens is 1. The predicted molar refractivity (Wildman–Crippen MR) is 81.6 cm³/mol. The number of nitrogens with zero attached hydrogens (tertiary/aromatic N) is 1. The Kier molecular flexibility index (Phi) is 3.78. The van der Waals surface area contributed by atoms with Crippen molar-refractivity contribution in [3.05, 3.63) is 23.6 Å². The van der Waals surface area contributed by atoms with Gasteiger partial charge in [0.2, 0.25) is 6.79 Å². The van der Waals surface area contributed by atoms with Gasteiger partial charge in [-0.1, -0.05) is 13.8 Å². The lowest BCUT2D eigenvalue weighted by Crippen LogP contribution is -2.04. The number of rotatable bonds is 5. The maximum absolute atomic E-state index is 5.40. The second kappa shape index (κ2) is 5.71. The molecule has 1 aliphatic rings. The summed E-state index contributed by atoms with van der Waals surface area (Å²) < 4.78 is 10.7. The number of hydrogen-bond acceptors (Lipinski definition) is 5. The number of thiazole rings is 1. The summed E-state index contributed by atoms with van der Waals surface area (Å²) in [4.78, 5) is 4.61.